The van der Waals surface area contributed by atoms with Crippen LogP contribution in [0.1, 0.15) is 25.8 Å². The number of aromatic nitrogens is 3. The van der Waals surface area contributed by atoms with E-state index >= 15 is 0 Å². The van der Waals surface area contributed by atoms with Gasteiger partial charge in [0.05, 0.1) is 31.5 Å². The summed E-state index contributed by atoms with van der Waals surface area (Å²) in [5, 5.41) is 22.4. The zero-order chi connectivity index (χ0) is 18.3. The van der Waals surface area contributed by atoms with E-state index in [1.807, 2.05) is 0 Å². The summed E-state index contributed by atoms with van der Waals surface area (Å²) in [6.45, 7) is 4.47. The van der Waals surface area contributed by atoms with Crippen LogP contribution in [0.3, 0.4) is 0 Å². The van der Waals surface area contributed by atoms with Crippen molar-refractivity contribution in [2.24, 2.45) is 0 Å². The maximum absolute atomic E-state index is 12.5. The molecule has 0 spiro atoms. The van der Waals surface area contributed by atoms with Crippen LogP contribution in [0.2, 0.25) is 0 Å². The Kier molecular flexibility index (Phi) is 7.34. The molecule has 10 heteroatoms. The third-order valence-corrected chi connectivity index (χ3v) is 5.84. The van der Waals surface area contributed by atoms with Crippen LogP contribution in [0.25, 0.3) is 11.0 Å². The van der Waals surface area contributed by atoms with Crippen molar-refractivity contribution in [3.63, 3.8) is 0 Å². The van der Waals surface area contributed by atoms with Gasteiger partial charge in [-0.15, -0.1) is 0 Å². The predicted molar refractivity (Wildman–Crippen MR) is 93.6 cm³/mol. The lowest BCUT2D eigenvalue weighted by Crippen LogP contribution is -2.33. The Bertz CT molecular complexity index is 713. The quantitative estimate of drug-likeness (QED) is 0.439. The molecule has 0 aliphatic carbocycles. The van der Waals surface area contributed by atoms with Gasteiger partial charge in [0.15, 0.2) is 0 Å². The van der Waals surface area contributed by atoms with Crippen molar-refractivity contribution in [1.29, 1.82) is 0 Å². The molecular weight excluding hydrogens is 347 g/mol. The zero-order valence-electron chi connectivity index (χ0n) is 14.4. The molecule has 4 N–H and O–H groups in total. The van der Waals surface area contributed by atoms with Gasteiger partial charge in [0.1, 0.15) is 11.8 Å². The fraction of sp³-hybridized carbons (Fsp3) is 0.600. The Hall–Kier alpha value is -1.51. The second-order valence-corrected chi connectivity index (χ2v) is 7.64. The number of aromatic hydroxyl groups is 1. The number of H-pyrrole nitrogens is 1. The molecule has 2 aromatic heterocycles. The van der Waals surface area contributed by atoms with Crippen LogP contribution in [-0.4, -0.2) is 57.2 Å². The number of hydrogen-bond acceptors (Lipinski definition) is 8. The summed E-state index contributed by atoms with van der Waals surface area (Å²) in [6, 6.07) is -0.269. The molecule has 0 aliphatic rings. The first kappa shape index (κ1) is 19.8. The maximum atomic E-state index is 12.5. The average molecular weight is 372 g/mol. The summed E-state index contributed by atoms with van der Waals surface area (Å²) >= 11 is 0. The molecule has 0 saturated carbocycles. The summed E-state index contributed by atoms with van der Waals surface area (Å²) in [7, 11) is -3.13. The number of fused-ring (bicyclic) bond motifs is 1. The van der Waals surface area contributed by atoms with E-state index in [9.17, 15) is 14.8 Å². The summed E-state index contributed by atoms with van der Waals surface area (Å²) in [4.78, 5) is 10.8. The number of aliphatic hydroxyl groups is 1. The van der Waals surface area contributed by atoms with E-state index in [4.69, 9.17) is 9.05 Å². The van der Waals surface area contributed by atoms with E-state index in [1.165, 1.54) is 6.33 Å². The largest absolute Gasteiger partial charge is 0.492 e. The average Bonchev–Trinajstić information content (AvgIpc) is 3.00. The second kappa shape index (κ2) is 9.26. The van der Waals surface area contributed by atoms with Gasteiger partial charge in [0.2, 0.25) is 5.88 Å². The van der Waals surface area contributed by atoms with Gasteiger partial charge in [-0.2, -0.15) is 0 Å². The number of hydrogen-bond donors (Lipinski definition) is 4. The molecule has 0 aliphatic heterocycles. The van der Waals surface area contributed by atoms with E-state index in [0.717, 1.165) is 5.56 Å². The van der Waals surface area contributed by atoms with Crippen LogP contribution >= 0.6 is 7.60 Å². The second-order valence-electron chi connectivity index (χ2n) is 5.45. The van der Waals surface area contributed by atoms with Crippen molar-refractivity contribution in [2.75, 3.05) is 26.0 Å². The molecule has 0 saturated heterocycles. The summed E-state index contributed by atoms with van der Waals surface area (Å²) < 4.78 is 23.0. The highest BCUT2D eigenvalue weighted by Crippen LogP contribution is 2.48. The molecule has 140 valence electrons. The Balaban J connectivity index is 1.95. The first-order chi connectivity index (χ1) is 12.0. The number of rotatable bonds is 11. The van der Waals surface area contributed by atoms with Crippen LogP contribution < -0.4 is 5.32 Å². The third kappa shape index (κ3) is 5.23. The Morgan fingerprint density at radius 2 is 2.04 bits per heavy atom. The van der Waals surface area contributed by atoms with Gasteiger partial charge in [-0.1, -0.05) is 0 Å². The van der Waals surface area contributed by atoms with Crippen molar-refractivity contribution in [3.8, 4) is 5.88 Å². The molecule has 0 fully saturated rings. The molecule has 0 bridgehead atoms. The SMILES string of the molecule is CCOP(=O)(CC[C@H](CO)NCc1c[nH]c2c(O)ncnc12)OCC. The number of aliphatic hydroxyl groups excluding tert-OH is 1. The van der Waals surface area contributed by atoms with Crippen LogP contribution in [-0.2, 0) is 20.2 Å². The van der Waals surface area contributed by atoms with E-state index in [1.54, 1.807) is 20.0 Å². The van der Waals surface area contributed by atoms with Gasteiger partial charge in [0, 0.05) is 24.3 Å². The van der Waals surface area contributed by atoms with Gasteiger partial charge < -0.3 is 29.6 Å². The normalized spacial score (nSPS) is 13.4. The highest BCUT2D eigenvalue weighted by Gasteiger charge is 2.25. The van der Waals surface area contributed by atoms with Crippen LogP contribution in [0, 0.1) is 0 Å². The molecule has 9 nitrogen and oxygen atoms in total. The van der Waals surface area contributed by atoms with Gasteiger partial charge in [-0.25, -0.2) is 9.97 Å². The lowest BCUT2D eigenvalue weighted by atomic mass is 10.2. The first-order valence-corrected chi connectivity index (χ1v) is 9.98. The predicted octanol–water partition coefficient (Wildman–Crippen LogP) is 1.77. The number of aromatic amines is 1. The van der Waals surface area contributed by atoms with Gasteiger partial charge >= 0.3 is 7.60 Å². The van der Waals surface area contributed by atoms with Crippen LogP contribution in [0.15, 0.2) is 12.5 Å². The van der Waals surface area contributed by atoms with Crippen LogP contribution in [0.5, 0.6) is 5.88 Å². The molecule has 2 heterocycles. The zero-order valence-corrected chi connectivity index (χ0v) is 15.3. The minimum absolute atomic E-state index is 0.107. The maximum Gasteiger partial charge on any atom is 0.330 e. The van der Waals surface area contributed by atoms with Crippen molar-refractivity contribution >= 4 is 18.6 Å². The van der Waals surface area contributed by atoms with E-state index in [0.29, 0.717) is 37.2 Å². The van der Waals surface area contributed by atoms with Gasteiger partial charge in [-0.3, -0.25) is 4.57 Å². The molecular formula is C15H25N4O5P. The number of nitrogens with zero attached hydrogens (tertiary/aromatic N) is 2. The highest BCUT2D eigenvalue weighted by molar-refractivity contribution is 7.53. The number of nitrogens with one attached hydrogen (secondary N) is 2. The standard InChI is InChI=1S/C15H25N4O5P/c1-3-23-25(22,24-4-2)6-5-12(9-20)16-7-11-8-17-14-13(11)18-10-19-15(14)21/h8,10,12,16-17,20H,3-7,9H2,1-2H3,(H,18,19,21)/t12-/m1/s1. The van der Waals surface area contributed by atoms with Crippen molar-refractivity contribution < 1.29 is 23.8 Å². The Labute approximate surface area is 146 Å². The fourth-order valence-electron chi connectivity index (χ4n) is 2.50. The molecule has 0 unspecified atom stereocenters. The molecule has 25 heavy (non-hydrogen) atoms. The van der Waals surface area contributed by atoms with Crippen molar-refractivity contribution in [2.45, 2.75) is 32.9 Å². The molecule has 0 aromatic carbocycles. The van der Waals surface area contributed by atoms with Crippen molar-refractivity contribution in [3.05, 3.63) is 18.1 Å². The first-order valence-electron chi connectivity index (χ1n) is 8.25. The molecule has 2 aromatic rings. The van der Waals surface area contributed by atoms with E-state index < -0.39 is 7.60 Å². The minimum Gasteiger partial charge on any atom is -0.492 e. The monoisotopic (exact) mass is 372 g/mol. The summed E-state index contributed by atoms with van der Waals surface area (Å²) in [5.41, 5.74) is 1.92. The topological polar surface area (TPSA) is 130 Å². The fourth-order valence-corrected chi connectivity index (χ4v) is 4.25. The Morgan fingerprint density at radius 3 is 2.68 bits per heavy atom. The smallest absolute Gasteiger partial charge is 0.330 e. The van der Waals surface area contributed by atoms with E-state index in [2.05, 4.69) is 20.3 Å². The Morgan fingerprint density at radius 1 is 1.32 bits per heavy atom. The van der Waals surface area contributed by atoms with Crippen LogP contribution in [0.4, 0.5) is 0 Å². The highest BCUT2D eigenvalue weighted by atomic mass is 31.2. The summed E-state index contributed by atoms with van der Waals surface area (Å²) in [6.07, 6.45) is 3.69. The van der Waals surface area contributed by atoms with Gasteiger partial charge in [-0.05, 0) is 20.3 Å². The van der Waals surface area contributed by atoms with Gasteiger partial charge in [0.25, 0.3) is 0 Å². The third-order valence-electron chi connectivity index (χ3n) is 3.73. The van der Waals surface area contributed by atoms with E-state index in [-0.39, 0.29) is 24.7 Å². The van der Waals surface area contributed by atoms with Crippen molar-refractivity contribution in [1.82, 2.24) is 20.3 Å². The summed E-state index contributed by atoms with van der Waals surface area (Å²) in [5.74, 6) is -0.107. The molecule has 1 atom stereocenters. The molecule has 2 rings (SSSR count). The minimum atomic E-state index is -3.13. The lowest BCUT2D eigenvalue weighted by molar-refractivity contribution is 0.211. The molecule has 0 amide bonds. The lowest BCUT2D eigenvalue weighted by Gasteiger charge is -2.20. The molecule has 0 radical (unpaired) electrons.